The van der Waals surface area contributed by atoms with Gasteiger partial charge in [0, 0.05) is 55.4 Å². The minimum absolute atomic E-state index is 0.0208. The van der Waals surface area contributed by atoms with Crippen molar-refractivity contribution in [3.05, 3.63) is 42.0 Å². The molecular weight excluding hydrogens is 689 g/mol. The minimum atomic E-state index is -4.59. The number of aromatic nitrogens is 6. The third-order valence-corrected chi connectivity index (χ3v) is 11.5. The van der Waals surface area contributed by atoms with Gasteiger partial charge in [-0.25, -0.2) is 29.7 Å². The summed E-state index contributed by atoms with van der Waals surface area (Å²) in [5.74, 6) is 0.255. The summed E-state index contributed by atoms with van der Waals surface area (Å²) in [6.07, 6.45) is 9.28. The number of carbonyl (C=O) groups is 1. The Hall–Kier alpha value is -4.37. The van der Waals surface area contributed by atoms with E-state index in [4.69, 9.17) is 34.5 Å². The fourth-order valence-corrected chi connectivity index (χ4v) is 8.92. The summed E-state index contributed by atoms with van der Waals surface area (Å²) in [4.78, 5) is 42.1. The Labute approximate surface area is 305 Å². The molecule has 0 aromatic carbocycles. The van der Waals surface area contributed by atoms with Gasteiger partial charge in [-0.3, -0.25) is 0 Å². The summed E-state index contributed by atoms with van der Waals surface area (Å²) >= 11 is 0. The van der Waals surface area contributed by atoms with Crippen molar-refractivity contribution in [2.24, 2.45) is 5.41 Å². The zero-order valence-electron chi connectivity index (χ0n) is 30.0. The largest absolute Gasteiger partial charge is 0.480 e. The highest BCUT2D eigenvalue weighted by Gasteiger charge is 2.42. The lowest BCUT2D eigenvalue weighted by molar-refractivity contribution is -0.145. The lowest BCUT2D eigenvalue weighted by atomic mass is 9.74. The average Bonchev–Trinajstić information content (AvgIpc) is 3.85. The summed E-state index contributed by atoms with van der Waals surface area (Å²) in [6, 6.07) is 5.07. The molecule has 4 fully saturated rings. The Bertz CT molecular complexity index is 1940. The molecule has 282 valence electrons. The first-order valence-electron chi connectivity index (χ1n) is 18.6. The number of nitrogens with zero attached hydrogens (tertiary/aromatic N) is 7. The van der Waals surface area contributed by atoms with Crippen molar-refractivity contribution in [2.75, 3.05) is 43.7 Å². The first kappa shape index (κ1) is 35.6. The van der Waals surface area contributed by atoms with E-state index in [1.54, 1.807) is 25.6 Å². The monoisotopic (exact) mass is 734 g/mol. The van der Waals surface area contributed by atoms with E-state index in [2.05, 4.69) is 19.8 Å². The van der Waals surface area contributed by atoms with Crippen LogP contribution in [0.2, 0.25) is 0 Å². The van der Waals surface area contributed by atoms with Gasteiger partial charge in [-0.05, 0) is 69.6 Å². The zero-order valence-corrected chi connectivity index (χ0v) is 30.0. The van der Waals surface area contributed by atoms with Gasteiger partial charge in [-0.1, -0.05) is 19.3 Å². The van der Waals surface area contributed by atoms with Crippen LogP contribution in [-0.4, -0.2) is 93.1 Å². The van der Waals surface area contributed by atoms with E-state index in [0.29, 0.717) is 52.8 Å². The SMILES string of the molecule is COCC1(CN(C)c2cc(-c3cc(C4CC4)nc(C(F)(F)F)c3)nc3nc(-c4cnc(N5[C@@H]6CC[C@H]5CC(OCC(=O)O)C6)cn4)[nH]c23)CCCCC1. The molecule has 2 saturated carbocycles. The van der Waals surface area contributed by atoms with E-state index < -0.39 is 17.8 Å². The third-order valence-electron chi connectivity index (χ3n) is 11.5. The Morgan fingerprint density at radius 2 is 1.75 bits per heavy atom. The molecule has 2 aliphatic carbocycles. The Morgan fingerprint density at radius 1 is 1.00 bits per heavy atom. The third kappa shape index (κ3) is 7.42. The molecule has 4 aliphatic rings. The maximum Gasteiger partial charge on any atom is 0.433 e. The highest BCUT2D eigenvalue weighted by Crippen LogP contribution is 2.44. The van der Waals surface area contributed by atoms with Crippen LogP contribution in [-0.2, 0) is 20.4 Å². The van der Waals surface area contributed by atoms with Crippen molar-refractivity contribution in [1.82, 2.24) is 29.9 Å². The molecule has 0 radical (unpaired) electrons. The normalized spacial score (nSPS) is 22.7. The van der Waals surface area contributed by atoms with Crippen LogP contribution in [0.4, 0.5) is 24.7 Å². The van der Waals surface area contributed by atoms with E-state index in [-0.39, 0.29) is 36.1 Å². The van der Waals surface area contributed by atoms with Gasteiger partial charge in [0.25, 0.3) is 0 Å². The number of fused-ring (bicyclic) bond motifs is 3. The molecule has 15 heteroatoms. The Balaban J connectivity index is 1.14. The quantitative estimate of drug-likeness (QED) is 0.155. The molecule has 0 amide bonds. The predicted octanol–water partition coefficient (Wildman–Crippen LogP) is 7.01. The number of methoxy groups -OCH3 is 1. The van der Waals surface area contributed by atoms with Crippen molar-refractivity contribution in [3.63, 3.8) is 0 Å². The van der Waals surface area contributed by atoms with Crippen LogP contribution in [0, 0.1) is 5.41 Å². The van der Waals surface area contributed by atoms with Crippen molar-refractivity contribution < 1.29 is 32.5 Å². The lowest BCUT2D eigenvalue weighted by Gasteiger charge is -2.40. The summed E-state index contributed by atoms with van der Waals surface area (Å²) in [5.41, 5.74) is 2.53. The molecule has 3 atom stereocenters. The summed E-state index contributed by atoms with van der Waals surface area (Å²) in [6.45, 7) is 1.02. The number of hydrogen-bond donors (Lipinski definition) is 2. The van der Waals surface area contributed by atoms with Gasteiger partial charge in [0.2, 0.25) is 0 Å². The van der Waals surface area contributed by atoms with Crippen LogP contribution in [0.1, 0.15) is 87.9 Å². The number of halogens is 3. The zero-order chi connectivity index (χ0) is 36.9. The molecule has 1 unspecified atom stereocenters. The highest BCUT2D eigenvalue weighted by molar-refractivity contribution is 5.91. The van der Waals surface area contributed by atoms with Gasteiger partial charge in [-0.15, -0.1) is 0 Å². The van der Waals surface area contributed by atoms with Gasteiger partial charge in [0.1, 0.15) is 29.3 Å². The molecule has 2 N–H and O–H groups in total. The summed E-state index contributed by atoms with van der Waals surface area (Å²) < 4.78 is 53.6. The number of H-pyrrole nitrogens is 1. The van der Waals surface area contributed by atoms with Crippen molar-refractivity contribution in [1.29, 1.82) is 0 Å². The van der Waals surface area contributed by atoms with Gasteiger partial charge < -0.3 is 29.4 Å². The topological polar surface area (TPSA) is 142 Å². The Kier molecular flexibility index (Phi) is 9.50. The molecule has 4 aromatic heterocycles. The van der Waals surface area contributed by atoms with E-state index in [0.717, 1.165) is 81.8 Å². The first-order valence-corrected chi connectivity index (χ1v) is 18.6. The second-order valence-electron chi connectivity index (χ2n) is 15.4. The lowest BCUT2D eigenvalue weighted by Crippen LogP contribution is -2.46. The predicted molar refractivity (Wildman–Crippen MR) is 192 cm³/mol. The number of piperidine rings is 1. The maximum atomic E-state index is 14.1. The van der Waals surface area contributed by atoms with Crippen LogP contribution < -0.4 is 9.80 Å². The number of alkyl halides is 3. The van der Waals surface area contributed by atoms with E-state index in [1.165, 1.54) is 6.42 Å². The number of anilines is 2. The van der Waals surface area contributed by atoms with Crippen LogP contribution >= 0.6 is 0 Å². The second kappa shape index (κ2) is 14.1. The summed E-state index contributed by atoms with van der Waals surface area (Å²) in [5, 5.41) is 9.05. The van der Waals surface area contributed by atoms with E-state index in [1.807, 2.05) is 13.1 Å². The molecule has 4 aromatic rings. The fourth-order valence-electron chi connectivity index (χ4n) is 8.92. The van der Waals surface area contributed by atoms with Crippen LogP contribution in [0.5, 0.6) is 0 Å². The summed E-state index contributed by atoms with van der Waals surface area (Å²) in [7, 11) is 3.74. The number of nitrogens with one attached hydrogen (secondary N) is 1. The molecule has 12 nitrogen and oxygen atoms in total. The van der Waals surface area contributed by atoms with Crippen molar-refractivity contribution in [2.45, 2.75) is 101 Å². The van der Waals surface area contributed by atoms with Crippen LogP contribution in [0.25, 0.3) is 33.9 Å². The molecule has 2 saturated heterocycles. The molecule has 8 rings (SSSR count). The van der Waals surface area contributed by atoms with Gasteiger partial charge in [0.05, 0.1) is 36.5 Å². The number of carboxylic acid groups (broad SMARTS) is 1. The number of rotatable bonds is 12. The molecular formula is C38H45F3N8O4. The molecule has 53 heavy (non-hydrogen) atoms. The molecule has 2 aliphatic heterocycles. The van der Waals surface area contributed by atoms with Crippen molar-refractivity contribution in [3.8, 4) is 22.8 Å². The van der Waals surface area contributed by atoms with Gasteiger partial charge in [0.15, 0.2) is 11.5 Å². The van der Waals surface area contributed by atoms with Crippen LogP contribution in [0.15, 0.2) is 30.6 Å². The molecule has 0 spiro atoms. The maximum absolute atomic E-state index is 14.1. The highest BCUT2D eigenvalue weighted by atomic mass is 19.4. The Morgan fingerprint density at radius 3 is 2.40 bits per heavy atom. The smallest absolute Gasteiger partial charge is 0.433 e. The van der Waals surface area contributed by atoms with Crippen LogP contribution in [0.3, 0.4) is 0 Å². The second-order valence-corrected chi connectivity index (χ2v) is 15.4. The number of ether oxygens (including phenoxy) is 2. The molecule has 2 bridgehead atoms. The fraction of sp³-hybridized carbons (Fsp3) is 0.579. The van der Waals surface area contributed by atoms with E-state index >= 15 is 0 Å². The van der Waals surface area contributed by atoms with E-state index in [9.17, 15) is 18.0 Å². The number of aliphatic carboxylic acids is 1. The number of carboxylic acids is 1. The molecule has 6 heterocycles. The van der Waals surface area contributed by atoms with Gasteiger partial charge >= 0.3 is 12.1 Å². The first-order chi connectivity index (χ1) is 25.5. The number of imidazole rings is 1. The number of hydrogen-bond acceptors (Lipinski definition) is 10. The standard InChI is InChI=1S/C38H45F3N8O4/c1-48(20-37(21-52-2)10-4-3-5-11-37)30-16-28(23-12-27(22-6-7-22)44-31(13-23)38(39,40)41)45-36-34(30)46-35(47-36)29-17-43-32(18-42-29)49-24-8-9-25(49)15-26(14-24)53-19-33(50)51/h12-13,16-18,22,24-26H,3-11,14-15,19-21H2,1-2H3,(H,50,51)(H,45,46,47)/t24-,25+,26?. The van der Waals surface area contributed by atoms with Gasteiger partial charge in [-0.2, -0.15) is 13.2 Å². The number of aromatic amines is 1. The number of pyridine rings is 2. The average molecular weight is 735 g/mol. The van der Waals surface area contributed by atoms with Crippen molar-refractivity contribution >= 4 is 28.6 Å². The minimum Gasteiger partial charge on any atom is -0.480 e.